The van der Waals surface area contributed by atoms with Gasteiger partial charge in [0.1, 0.15) is 0 Å². The van der Waals surface area contributed by atoms with Crippen LogP contribution in [0.25, 0.3) is 0 Å². The molecule has 1 nitrogen and oxygen atoms in total. The second-order valence-corrected chi connectivity index (χ2v) is 2.94. The van der Waals surface area contributed by atoms with E-state index < -0.39 is 0 Å². The SMILES string of the molecule is C=CC1CCc2cccc[n+]21.[Cl-]. The lowest BCUT2D eigenvalue weighted by Gasteiger charge is -1.97. The topological polar surface area (TPSA) is 3.88 Å². The zero-order valence-corrected chi connectivity index (χ0v) is 7.67. The third-order valence-electron chi connectivity index (χ3n) is 2.30. The van der Waals surface area contributed by atoms with Crippen molar-refractivity contribution >= 4 is 0 Å². The van der Waals surface area contributed by atoms with Crippen LogP contribution in [0.1, 0.15) is 18.2 Å². The lowest BCUT2D eigenvalue weighted by atomic mass is 10.2. The normalized spacial score (nSPS) is 19.5. The average Bonchev–Trinajstić information content (AvgIpc) is 2.47. The molecule has 0 spiro atoms. The van der Waals surface area contributed by atoms with E-state index >= 15 is 0 Å². The summed E-state index contributed by atoms with van der Waals surface area (Å²) in [7, 11) is 0. The Morgan fingerprint density at radius 1 is 1.50 bits per heavy atom. The van der Waals surface area contributed by atoms with Crippen molar-refractivity contribution in [1.82, 2.24) is 0 Å². The van der Waals surface area contributed by atoms with Crippen LogP contribution in [0.2, 0.25) is 0 Å². The highest BCUT2D eigenvalue weighted by molar-refractivity contribution is 5.01. The number of hydrogen-bond donors (Lipinski definition) is 0. The molecule has 12 heavy (non-hydrogen) atoms. The van der Waals surface area contributed by atoms with Gasteiger partial charge in [0.2, 0.25) is 0 Å². The van der Waals surface area contributed by atoms with Crippen molar-refractivity contribution in [3.63, 3.8) is 0 Å². The van der Waals surface area contributed by atoms with Gasteiger partial charge >= 0.3 is 0 Å². The number of rotatable bonds is 1. The van der Waals surface area contributed by atoms with Crippen molar-refractivity contribution in [3.05, 3.63) is 42.7 Å². The van der Waals surface area contributed by atoms with Crippen molar-refractivity contribution < 1.29 is 17.0 Å². The van der Waals surface area contributed by atoms with Gasteiger partial charge in [-0.3, -0.25) is 0 Å². The molecule has 0 radical (unpaired) electrons. The maximum absolute atomic E-state index is 3.82. The predicted molar refractivity (Wildman–Crippen MR) is 44.2 cm³/mol. The number of halogens is 1. The van der Waals surface area contributed by atoms with E-state index in [9.17, 15) is 0 Å². The summed E-state index contributed by atoms with van der Waals surface area (Å²) in [6.45, 7) is 3.82. The molecule has 2 rings (SSSR count). The number of nitrogens with zero attached hydrogens (tertiary/aromatic N) is 1. The Morgan fingerprint density at radius 2 is 2.33 bits per heavy atom. The van der Waals surface area contributed by atoms with Crippen LogP contribution in [0.15, 0.2) is 37.1 Å². The molecule has 1 aromatic rings. The lowest BCUT2D eigenvalue weighted by molar-refractivity contribution is -0.705. The Bertz CT molecular complexity index is 283. The van der Waals surface area contributed by atoms with Crippen molar-refractivity contribution in [2.45, 2.75) is 18.9 Å². The van der Waals surface area contributed by atoms with E-state index in [4.69, 9.17) is 0 Å². The molecule has 1 atom stereocenters. The second-order valence-electron chi connectivity index (χ2n) is 2.94. The summed E-state index contributed by atoms with van der Waals surface area (Å²) in [5.74, 6) is 0. The van der Waals surface area contributed by atoms with Crippen LogP contribution in [0, 0.1) is 0 Å². The quantitative estimate of drug-likeness (QED) is 0.373. The van der Waals surface area contributed by atoms with Crippen LogP contribution >= 0.6 is 0 Å². The van der Waals surface area contributed by atoms with Gasteiger partial charge in [-0.15, -0.1) is 0 Å². The zero-order valence-electron chi connectivity index (χ0n) is 6.91. The Labute approximate surface area is 79.1 Å². The Balaban J connectivity index is 0.000000720. The Morgan fingerprint density at radius 3 is 3.08 bits per heavy atom. The minimum atomic E-state index is 0. The molecule has 2 heteroatoms. The summed E-state index contributed by atoms with van der Waals surface area (Å²) in [5, 5.41) is 0. The number of hydrogen-bond acceptors (Lipinski definition) is 0. The van der Waals surface area contributed by atoms with Gasteiger partial charge in [-0.2, -0.15) is 4.57 Å². The van der Waals surface area contributed by atoms with Crippen molar-refractivity contribution in [3.8, 4) is 0 Å². The van der Waals surface area contributed by atoms with Gasteiger partial charge in [0.15, 0.2) is 17.9 Å². The van der Waals surface area contributed by atoms with Crippen LogP contribution in [0.3, 0.4) is 0 Å². The molecule has 0 fully saturated rings. The van der Waals surface area contributed by atoms with E-state index in [-0.39, 0.29) is 12.4 Å². The van der Waals surface area contributed by atoms with E-state index in [0.29, 0.717) is 6.04 Å². The highest BCUT2D eigenvalue weighted by atomic mass is 35.5. The van der Waals surface area contributed by atoms with Crippen molar-refractivity contribution in [2.75, 3.05) is 0 Å². The van der Waals surface area contributed by atoms with Crippen molar-refractivity contribution in [1.29, 1.82) is 0 Å². The summed E-state index contributed by atoms with van der Waals surface area (Å²) < 4.78 is 2.30. The average molecular weight is 182 g/mol. The maximum Gasteiger partial charge on any atom is 0.182 e. The van der Waals surface area contributed by atoms with Crippen LogP contribution in [-0.2, 0) is 6.42 Å². The van der Waals surface area contributed by atoms with Crippen LogP contribution < -0.4 is 17.0 Å². The molecular weight excluding hydrogens is 170 g/mol. The molecule has 64 valence electrons. The molecule has 1 unspecified atom stereocenters. The molecule has 0 amide bonds. The third-order valence-corrected chi connectivity index (χ3v) is 2.30. The standard InChI is InChI=1S/C10H12N.ClH/c1-2-9-6-7-10-5-3-4-8-11(9)10;/h2-5,8-9H,1,6-7H2;1H/q+1;/p-1. The minimum absolute atomic E-state index is 0. The molecule has 1 aromatic heterocycles. The molecule has 0 N–H and O–H groups in total. The molecule has 0 saturated carbocycles. The van der Waals surface area contributed by atoms with Crippen LogP contribution in [0.5, 0.6) is 0 Å². The molecule has 2 heterocycles. The third kappa shape index (κ3) is 1.37. The van der Waals surface area contributed by atoms with Gasteiger partial charge in [0.05, 0.1) is 0 Å². The Hall–Kier alpha value is -0.820. The fraction of sp³-hybridized carbons (Fsp3) is 0.300. The summed E-state index contributed by atoms with van der Waals surface area (Å²) >= 11 is 0. The molecule has 0 aliphatic carbocycles. The molecule has 0 bridgehead atoms. The van der Waals surface area contributed by atoms with E-state index in [1.54, 1.807) is 0 Å². The first-order chi connectivity index (χ1) is 5.42. The highest BCUT2D eigenvalue weighted by Gasteiger charge is 2.26. The van der Waals surface area contributed by atoms with E-state index in [2.05, 4.69) is 35.5 Å². The number of pyridine rings is 1. The van der Waals surface area contributed by atoms with Gasteiger partial charge < -0.3 is 12.4 Å². The Kier molecular flexibility index (Phi) is 2.88. The van der Waals surface area contributed by atoms with Crippen LogP contribution in [0.4, 0.5) is 0 Å². The van der Waals surface area contributed by atoms with E-state index in [1.165, 1.54) is 18.5 Å². The number of allylic oxidation sites excluding steroid dienone is 1. The summed E-state index contributed by atoms with van der Waals surface area (Å²) in [6, 6.07) is 6.89. The van der Waals surface area contributed by atoms with Crippen molar-refractivity contribution in [2.24, 2.45) is 0 Å². The first kappa shape index (κ1) is 9.27. The lowest BCUT2D eigenvalue weighted by Crippen LogP contribution is -3.00. The van der Waals surface area contributed by atoms with Gasteiger partial charge in [-0.05, 0) is 6.08 Å². The van der Waals surface area contributed by atoms with Gasteiger partial charge in [0.25, 0.3) is 0 Å². The molecule has 1 aliphatic rings. The van der Waals surface area contributed by atoms with Gasteiger partial charge in [-0.25, -0.2) is 0 Å². The van der Waals surface area contributed by atoms with Crippen LogP contribution in [-0.4, -0.2) is 0 Å². The van der Waals surface area contributed by atoms with E-state index in [0.717, 1.165) is 0 Å². The first-order valence-electron chi connectivity index (χ1n) is 4.03. The minimum Gasteiger partial charge on any atom is -1.00 e. The molecule has 0 aromatic carbocycles. The largest absolute Gasteiger partial charge is 1.00 e. The zero-order chi connectivity index (χ0) is 7.68. The summed E-state index contributed by atoms with van der Waals surface area (Å²) in [4.78, 5) is 0. The smallest absolute Gasteiger partial charge is 0.182 e. The number of aryl methyl sites for hydroxylation is 1. The monoisotopic (exact) mass is 181 g/mol. The maximum atomic E-state index is 3.82. The number of aromatic nitrogens is 1. The fourth-order valence-corrected chi connectivity index (χ4v) is 1.69. The van der Waals surface area contributed by atoms with E-state index in [1.807, 2.05) is 6.08 Å². The molecule has 0 saturated heterocycles. The molecule has 1 aliphatic heterocycles. The predicted octanol–water partition coefficient (Wildman–Crippen LogP) is -1.35. The molecular formula is C10H12ClN. The highest BCUT2D eigenvalue weighted by Crippen LogP contribution is 2.16. The fourth-order valence-electron chi connectivity index (χ4n) is 1.69. The van der Waals surface area contributed by atoms with Gasteiger partial charge in [0, 0.05) is 25.0 Å². The summed E-state index contributed by atoms with van der Waals surface area (Å²) in [6.07, 6.45) is 6.57. The second kappa shape index (κ2) is 3.72. The number of fused-ring (bicyclic) bond motifs is 1. The first-order valence-corrected chi connectivity index (χ1v) is 4.03. The van der Waals surface area contributed by atoms with Gasteiger partial charge in [-0.1, -0.05) is 12.6 Å². The summed E-state index contributed by atoms with van der Waals surface area (Å²) in [5.41, 5.74) is 1.43.